The van der Waals surface area contributed by atoms with E-state index in [9.17, 15) is 14.7 Å². The van der Waals surface area contributed by atoms with Gasteiger partial charge in [-0.15, -0.1) is 0 Å². The average molecular weight is 390 g/mol. The number of ether oxygens (including phenoxy) is 1. The molecule has 0 bridgehead atoms. The first kappa shape index (κ1) is 20.7. The van der Waals surface area contributed by atoms with Crippen molar-refractivity contribution in [2.45, 2.75) is 38.7 Å². The maximum absolute atomic E-state index is 12.5. The van der Waals surface area contributed by atoms with E-state index in [2.05, 4.69) is 36.8 Å². The second-order valence-corrected chi connectivity index (χ2v) is 7.53. The third-order valence-corrected chi connectivity index (χ3v) is 5.22. The second-order valence-electron chi connectivity index (χ2n) is 7.53. The van der Waals surface area contributed by atoms with Gasteiger partial charge in [-0.2, -0.15) is 0 Å². The molecule has 0 aliphatic carbocycles. The molecule has 1 N–H and O–H groups in total. The van der Waals surface area contributed by atoms with E-state index in [4.69, 9.17) is 0 Å². The van der Waals surface area contributed by atoms with E-state index in [0.717, 1.165) is 16.3 Å². The van der Waals surface area contributed by atoms with Crippen LogP contribution in [0.2, 0.25) is 0 Å². The predicted octanol–water partition coefficient (Wildman–Crippen LogP) is 5.45. The van der Waals surface area contributed by atoms with Crippen molar-refractivity contribution in [3.8, 4) is 0 Å². The SMILES string of the molecule is COC(=O)c1ccc(C(=O)CCC(O)c2ccc3cccc(C(C)C)c3c2)cc1. The van der Waals surface area contributed by atoms with E-state index in [1.165, 1.54) is 12.7 Å². The lowest BCUT2D eigenvalue weighted by Crippen LogP contribution is -2.06. The van der Waals surface area contributed by atoms with E-state index in [0.29, 0.717) is 23.5 Å². The summed E-state index contributed by atoms with van der Waals surface area (Å²) < 4.78 is 4.66. The topological polar surface area (TPSA) is 63.6 Å². The van der Waals surface area contributed by atoms with Gasteiger partial charge in [0, 0.05) is 12.0 Å². The molecule has 0 saturated carbocycles. The maximum atomic E-state index is 12.5. The molecule has 0 saturated heterocycles. The van der Waals surface area contributed by atoms with Crippen LogP contribution < -0.4 is 0 Å². The largest absolute Gasteiger partial charge is 0.465 e. The predicted molar refractivity (Wildman–Crippen MR) is 114 cm³/mol. The van der Waals surface area contributed by atoms with Gasteiger partial charge >= 0.3 is 5.97 Å². The van der Waals surface area contributed by atoms with Gasteiger partial charge in [0.2, 0.25) is 0 Å². The van der Waals surface area contributed by atoms with Crippen LogP contribution in [0.15, 0.2) is 60.7 Å². The lowest BCUT2D eigenvalue weighted by Gasteiger charge is -2.15. The summed E-state index contributed by atoms with van der Waals surface area (Å²) in [5.41, 5.74) is 2.99. The number of carbonyl (C=O) groups excluding carboxylic acids is 2. The highest BCUT2D eigenvalue weighted by molar-refractivity contribution is 5.97. The Morgan fingerprint density at radius 2 is 1.66 bits per heavy atom. The molecule has 150 valence electrons. The van der Waals surface area contributed by atoms with Crippen molar-refractivity contribution < 1.29 is 19.4 Å². The zero-order valence-corrected chi connectivity index (χ0v) is 17.0. The molecule has 0 amide bonds. The lowest BCUT2D eigenvalue weighted by molar-refractivity contribution is 0.0600. The van der Waals surface area contributed by atoms with Crippen LogP contribution in [0, 0.1) is 0 Å². The molecule has 4 heteroatoms. The molecule has 4 nitrogen and oxygen atoms in total. The number of hydrogen-bond donors (Lipinski definition) is 1. The number of ketones is 1. The van der Waals surface area contributed by atoms with Gasteiger partial charge in [-0.25, -0.2) is 4.79 Å². The van der Waals surface area contributed by atoms with Crippen molar-refractivity contribution >= 4 is 22.5 Å². The Kier molecular flexibility index (Phi) is 6.45. The summed E-state index contributed by atoms with van der Waals surface area (Å²) in [6.45, 7) is 4.31. The number of esters is 1. The number of benzene rings is 3. The Labute approximate surface area is 171 Å². The van der Waals surface area contributed by atoms with E-state index in [-0.39, 0.29) is 12.2 Å². The number of Topliss-reactive ketones (excluding diaryl/α,β-unsaturated/α-hetero) is 1. The number of methoxy groups -OCH3 is 1. The Balaban J connectivity index is 1.70. The van der Waals surface area contributed by atoms with Gasteiger partial charge in [-0.1, -0.05) is 56.3 Å². The van der Waals surface area contributed by atoms with Gasteiger partial charge in [0.05, 0.1) is 18.8 Å². The van der Waals surface area contributed by atoms with Crippen molar-refractivity contribution in [3.05, 3.63) is 82.9 Å². The zero-order chi connectivity index (χ0) is 21.0. The summed E-state index contributed by atoms with van der Waals surface area (Å²) in [5.74, 6) is -0.110. The fraction of sp³-hybridized carbons (Fsp3) is 0.280. The molecule has 1 unspecified atom stereocenters. The molecule has 3 aromatic rings. The highest BCUT2D eigenvalue weighted by Gasteiger charge is 2.14. The van der Waals surface area contributed by atoms with Crippen LogP contribution in [0.1, 0.15) is 70.6 Å². The van der Waals surface area contributed by atoms with Crippen molar-refractivity contribution in [1.82, 2.24) is 0 Å². The second kappa shape index (κ2) is 9.01. The number of aliphatic hydroxyl groups excluding tert-OH is 1. The lowest BCUT2D eigenvalue weighted by atomic mass is 9.92. The Hall–Kier alpha value is -2.98. The molecule has 0 fully saturated rings. The smallest absolute Gasteiger partial charge is 0.337 e. The minimum Gasteiger partial charge on any atom is -0.465 e. The molecule has 0 aromatic heterocycles. The number of rotatable bonds is 7. The summed E-state index contributed by atoms with van der Waals surface area (Å²) in [6, 6.07) is 18.6. The van der Waals surface area contributed by atoms with E-state index < -0.39 is 12.1 Å². The Morgan fingerprint density at radius 1 is 0.966 bits per heavy atom. The van der Waals surface area contributed by atoms with Gasteiger partial charge in [-0.05, 0) is 52.4 Å². The van der Waals surface area contributed by atoms with Crippen LogP contribution >= 0.6 is 0 Å². The minimum atomic E-state index is -0.710. The van der Waals surface area contributed by atoms with E-state index in [1.807, 2.05) is 18.2 Å². The Bertz CT molecular complexity index is 1020. The molecule has 29 heavy (non-hydrogen) atoms. The normalized spacial score (nSPS) is 12.2. The fourth-order valence-electron chi connectivity index (χ4n) is 3.51. The molecule has 0 aliphatic rings. The molecule has 3 rings (SSSR count). The first-order valence-electron chi connectivity index (χ1n) is 9.83. The van der Waals surface area contributed by atoms with Crippen LogP contribution in [0.4, 0.5) is 0 Å². The maximum Gasteiger partial charge on any atom is 0.337 e. The number of hydrogen-bond acceptors (Lipinski definition) is 4. The molecular formula is C25H26O4. The number of fused-ring (bicyclic) bond motifs is 1. The van der Waals surface area contributed by atoms with Crippen LogP contribution in [0.3, 0.4) is 0 Å². The summed E-state index contributed by atoms with van der Waals surface area (Å²) >= 11 is 0. The average Bonchev–Trinajstić information content (AvgIpc) is 2.75. The third kappa shape index (κ3) is 4.72. The van der Waals surface area contributed by atoms with E-state index in [1.54, 1.807) is 24.3 Å². The zero-order valence-electron chi connectivity index (χ0n) is 17.0. The monoisotopic (exact) mass is 390 g/mol. The van der Waals surface area contributed by atoms with Gasteiger partial charge in [-0.3, -0.25) is 4.79 Å². The van der Waals surface area contributed by atoms with Crippen LogP contribution in [0.25, 0.3) is 10.8 Å². The van der Waals surface area contributed by atoms with Gasteiger partial charge < -0.3 is 9.84 Å². The fourth-order valence-corrected chi connectivity index (χ4v) is 3.51. The molecular weight excluding hydrogens is 364 g/mol. The number of carbonyl (C=O) groups is 2. The minimum absolute atomic E-state index is 0.0656. The summed E-state index contributed by atoms with van der Waals surface area (Å²) in [5, 5.41) is 12.9. The van der Waals surface area contributed by atoms with Crippen molar-refractivity contribution in [3.63, 3.8) is 0 Å². The molecule has 1 atom stereocenters. The van der Waals surface area contributed by atoms with Crippen LogP contribution in [0.5, 0.6) is 0 Å². The molecule has 0 radical (unpaired) electrons. The van der Waals surface area contributed by atoms with Gasteiger partial charge in [0.15, 0.2) is 5.78 Å². The van der Waals surface area contributed by atoms with E-state index >= 15 is 0 Å². The van der Waals surface area contributed by atoms with Crippen LogP contribution in [-0.2, 0) is 4.74 Å². The summed E-state index contributed by atoms with van der Waals surface area (Å²) in [7, 11) is 1.32. The van der Waals surface area contributed by atoms with Crippen molar-refractivity contribution in [2.75, 3.05) is 7.11 Å². The third-order valence-electron chi connectivity index (χ3n) is 5.22. The van der Waals surface area contributed by atoms with Crippen LogP contribution in [-0.4, -0.2) is 24.0 Å². The van der Waals surface area contributed by atoms with Gasteiger partial charge in [0.25, 0.3) is 0 Å². The summed E-state index contributed by atoms with van der Waals surface area (Å²) in [6.07, 6.45) is -0.145. The quantitative estimate of drug-likeness (QED) is 0.431. The molecule has 3 aromatic carbocycles. The Morgan fingerprint density at radius 3 is 2.31 bits per heavy atom. The first-order chi connectivity index (χ1) is 13.9. The summed E-state index contributed by atoms with van der Waals surface area (Å²) in [4.78, 5) is 23.9. The molecule has 0 spiro atoms. The highest BCUT2D eigenvalue weighted by Crippen LogP contribution is 2.29. The standard InChI is InChI=1S/C25H26O4/c1-16(2)21-6-4-5-17-7-12-20(15-22(17)21)24(27)14-13-23(26)18-8-10-19(11-9-18)25(28)29-3/h4-12,15-16,24,27H,13-14H2,1-3H3. The molecule has 0 heterocycles. The van der Waals surface area contributed by atoms with Gasteiger partial charge in [0.1, 0.15) is 0 Å². The van der Waals surface area contributed by atoms with Crippen molar-refractivity contribution in [1.29, 1.82) is 0 Å². The van der Waals surface area contributed by atoms with Crippen molar-refractivity contribution in [2.24, 2.45) is 0 Å². The highest BCUT2D eigenvalue weighted by atomic mass is 16.5. The first-order valence-corrected chi connectivity index (χ1v) is 9.83. The molecule has 0 aliphatic heterocycles. The number of aliphatic hydroxyl groups is 1.